The van der Waals surface area contributed by atoms with Gasteiger partial charge in [0.25, 0.3) is 0 Å². The van der Waals surface area contributed by atoms with Crippen molar-refractivity contribution in [2.45, 2.75) is 32.4 Å². The van der Waals surface area contributed by atoms with E-state index in [9.17, 15) is 4.39 Å². The highest BCUT2D eigenvalue weighted by molar-refractivity contribution is 9.10. The van der Waals surface area contributed by atoms with Crippen LogP contribution in [0.5, 0.6) is 0 Å². The highest BCUT2D eigenvalue weighted by atomic mass is 79.9. The lowest BCUT2D eigenvalue weighted by molar-refractivity contribution is 0.251. The summed E-state index contributed by atoms with van der Waals surface area (Å²) in [5, 5.41) is 3.41. The van der Waals surface area contributed by atoms with Gasteiger partial charge >= 0.3 is 0 Å². The van der Waals surface area contributed by atoms with Gasteiger partial charge in [0.1, 0.15) is 5.82 Å². The van der Waals surface area contributed by atoms with E-state index in [1.165, 1.54) is 32.0 Å². The van der Waals surface area contributed by atoms with Gasteiger partial charge in [-0.05, 0) is 56.6 Å². The van der Waals surface area contributed by atoms with Crippen molar-refractivity contribution in [3.63, 3.8) is 0 Å². The molecule has 0 aliphatic carbocycles. The molecular weight excluding hydrogens is 295 g/mol. The molecule has 0 aromatic heterocycles. The predicted molar refractivity (Wildman–Crippen MR) is 76.1 cm³/mol. The molecule has 2 rings (SSSR count). The van der Waals surface area contributed by atoms with Crippen molar-refractivity contribution in [2.75, 3.05) is 19.6 Å². The van der Waals surface area contributed by atoms with Crippen LogP contribution >= 0.6 is 15.9 Å². The van der Waals surface area contributed by atoms with Crippen molar-refractivity contribution in [2.24, 2.45) is 0 Å². The van der Waals surface area contributed by atoms with Crippen LogP contribution < -0.4 is 5.32 Å². The first-order valence-electron chi connectivity index (χ1n) is 6.55. The molecule has 1 atom stereocenters. The van der Waals surface area contributed by atoms with Crippen LogP contribution in [0.1, 0.15) is 25.3 Å². The Bertz CT molecular complexity index is 391. The molecule has 1 N–H and O–H groups in total. The van der Waals surface area contributed by atoms with Gasteiger partial charge in [-0.2, -0.15) is 0 Å². The third-order valence-corrected chi connectivity index (χ3v) is 4.30. The van der Waals surface area contributed by atoms with E-state index in [2.05, 4.69) is 33.1 Å². The number of hydrogen-bond donors (Lipinski definition) is 1. The normalized spacial score (nSPS) is 18.2. The Morgan fingerprint density at radius 3 is 2.83 bits per heavy atom. The highest BCUT2D eigenvalue weighted by Crippen LogP contribution is 2.17. The van der Waals surface area contributed by atoms with Crippen LogP contribution in [0.4, 0.5) is 4.39 Å². The van der Waals surface area contributed by atoms with E-state index in [-0.39, 0.29) is 5.82 Å². The summed E-state index contributed by atoms with van der Waals surface area (Å²) in [5.74, 6) is -0.178. The summed E-state index contributed by atoms with van der Waals surface area (Å²) in [6.45, 7) is 6.33. The molecule has 0 spiro atoms. The summed E-state index contributed by atoms with van der Waals surface area (Å²) in [4.78, 5) is 2.51. The van der Waals surface area contributed by atoms with Gasteiger partial charge in [0.2, 0.25) is 0 Å². The molecule has 1 saturated heterocycles. The topological polar surface area (TPSA) is 15.3 Å². The summed E-state index contributed by atoms with van der Waals surface area (Å²) >= 11 is 3.45. The molecule has 1 aliphatic rings. The largest absolute Gasteiger partial charge is 0.311 e. The van der Waals surface area contributed by atoms with E-state index in [1.807, 2.05) is 0 Å². The first kappa shape index (κ1) is 14.0. The smallest absolute Gasteiger partial charge is 0.123 e. The number of nitrogens with one attached hydrogen (secondary N) is 1. The quantitative estimate of drug-likeness (QED) is 0.898. The zero-order chi connectivity index (χ0) is 13.0. The van der Waals surface area contributed by atoms with Crippen LogP contribution in [0.25, 0.3) is 0 Å². The van der Waals surface area contributed by atoms with E-state index in [0.29, 0.717) is 12.6 Å². The van der Waals surface area contributed by atoms with Gasteiger partial charge in [-0.15, -0.1) is 0 Å². The summed E-state index contributed by atoms with van der Waals surface area (Å²) in [6.07, 6.45) is 2.64. The van der Waals surface area contributed by atoms with Gasteiger partial charge in [0.15, 0.2) is 0 Å². The lowest BCUT2D eigenvalue weighted by atomic mass is 10.2. The first-order chi connectivity index (χ1) is 8.66. The van der Waals surface area contributed by atoms with Crippen LogP contribution in [0.2, 0.25) is 0 Å². The molecule has 2 nitrogen and oxygen atoms in total. The fraction of sp³-hybridized carbons (Fsp3) is 0.571. The van der Waals surface area contributed by atoms with Crippen LogP contribution in [0, 0.1) is 5.82 Å². The fourth-order valence-corrected chi connectivity index (χ4v) is 2.79. The average molecular weight is 315 g/mol. The number of likely N-dealkylation sites (tertiary alicyclic amines) is 1. The van der Waals surface area contributed by atoms with Gasteiger partial charge in [-0.1, -0.05) is 15.9 Å². The van der Waals surface area contributed by atoms with Crippen molar-refractivity contribution >= 4 is 15.9 Å². The standard InChI is InChI=1S/C14H20BrFN2/c1-11(18-6-2-3-7-18)9-17-10-12-8-13(16)4-5-14(12)15/h4-5,8,11,17H,2-3,6-7,9-10H2,1H3. The van der Waals surface area contributed by atoms with Crippen molar-refractivity contribution in [3.05, 3.63) is 34.1 Å². The predicted octanol–water partition coefficient (Wildman–Crippen LogP) is 3.16. The average Bonchev–Trinajstić information content (AvgIpc) is 2.87. The highest BCUT2D eigenvalue weighted by Gasteiger charge is 2.17. The zero-order valence-electron chi connectivity index (χ0n) is 10.8. The Hall–Kier alpha value is -0.450. The molecule has 1 heterocycles. The molecule has 1 aliphatic heterocycles. The van der Waals surface area contributed by atoms with E-state index in [0.717, 1.165) is 16.6 Å². The molecule has 100 valence electrons. The lowest BCUT2D eigenvalue weighted by Gasteiger charge is -2.24. The molecule has 0 amide bonds. The molecule has 18 heavy (non-hydrogen) atoms. The van der Waals surface area contributed by atoms with E-state index >= 15 is 0 Å². The molecule has 4 heteroatoms. The first-order valence-corrected chi connectivity index (χ1v) is 7.35. The summed E-state index contributed by atoms with van der Waals surface area (Å²) in [7, 11) is 0. The number of nitrogens with zero attached hydrogens (tertiary/aromatic N) is 1. The second kappa shape index (κ2) is 6.64. The van der Waals surface area contributed by atoms with Crippen LogP contribution in [0.15, 0.2) is 22.7 Å². The molecule has 0 radical (unpaired) electrons. The summed E-state index contributed by atoms with van der Waals surface area (Å²) in [5.41, 5.74) is 0.976. The van der Waals surface area contributed by atoms with Crippen LogP contribution in [-0.4, -0.2) is 30.6 Å². The molecule has 1 unspecified atom stereocenters. The van der Waals surface area contributed by atoms with Crippen LogP contribution in [0.3, 0.4) is 0 Å². The van der Waals surface area contributed by atoms with Gasteiger partial charge in [-0.3, -0.25) is 4.90 Å². The Morgan fingerprint density at radius 1 is 1.39 bits per heavy atom. The van der Waals surface area contributed by atoms with Gasteiger partial charge in [0, 0.05) is 23.6 Å². The molecule has 0 saturated carbocycles. The van der Waals surface area contributed by atoms with E-state index < -0.39 is 0 Å². The third-order valence-electron chi connectivity index (χ3n) is 3.53. The van der Waals surface area contributed by atoms with Crippen LogP contribution in [-0.2, 0) is 6.54 Å². The lowest BCUT2D eigenvalue weighted by Crippen LogP contribution is -2.38. The monoisotopic (exact) mass is 314 g/mol. The maximum Gasteiger partial charge on any atom is 0.123 e. The van der Waals surface area contributed by atoms with Gasteiger partial charge in [-0.25, -0.2) is 4.39 Å². The minimum absolute atomic E-state index is 0.178. The minimum atomic E-state index is -0.178. The Labute approximate surface area is 117 Å². The van der Waals surface area contributed by atoms with Gasteiger partial charge in [0.05, 0.1) is 0 Å². The molecule has 0 bridgehead atoms. The SMILES string of the molecule is CC(CNCc1cc(F)ccc1Br)N1CCCC1. The van der Waals surface area contributed by atoms with Crippen molar-refractivity contribution < 1.29 is 4.39 Å². The molecule has 1 fully saturated rings. The van der Waals surface area contributed by atoms with Crippen molar-refractivity contribution in [1.82, 2.24) is 10.2 Å². The number of halogens is 2. The Kier molecular flexibility index (Phi) is 5.15. The second-order valence-corrected chi connectivity index (χ2v) is 5.81. The summed E-state index contributed by atoms with van der Waals surface area (Å²) in [6, 6.07) is 5.37. The second-order valence-electron chi connectivity index (χ2n) is 4.96. The maximum absolute atomic E-state index is 13.1. The number of benzene rings is 1. The number of hydrogen-bond acceptors (Lipinski definition) is 2. The fourth-order valence-electron chi connectivity index (χ4n) is 2.41. The molecular formula is C14H20BrFN2. The molecule has 1 aromatic carbocycles. The third kappa shape index (κ3) is 3.77. The van der Waals surface area contributed by atoms with Crippen molar-refractivity contribution in [1.29, 1.82) is 0 Å². The molecule has 1 aromatic rings. The summed E-state index contributed by atoms with van der Waals surface area (Å²) < 4.78 is 14.1. The van der Waals surface area contributed by atoms with Gasteiger partial charge < -0.3 is 5.32 Å². The Balaban J connectivity index is 1.79. The van der Waals surface area contributed by atoms with E-state index in [1.54, 1.807) is 12.1 Å². The number of rotatable bonds is 5. The van der Waals surface area contributed by atoms with Crippen molar-refractivity contribution in [3.8, 4) is 0 Å². The van der Waals surface area contributed by atoms with E-state index in [4.69, 9.17) is 0 Å². The maximum atomic E-state index is 13.1. The Morgan fingerprint density at radius 2 is 2.11 bits per heavy atom. The zero-order valence-corrected chi connectivity index (χ0v) is 12.3. The minimum Gasteiger partial charge on any atom is -0.311 e.